The number of likely N-dealkylation sites (tertiary alicyclic amines) is 1. The molecule has 29 heavy (non-hydrogen) atoms. The van der Waals surface area contributed by atoms with Crippen molar-refractivity contribution < 1.29 is 14.4 Å². The van der Waals surface area contributed by atoms with E-state index >= 15 is 0 Å². The molecule has 2 aromatic rings. The van der Waals surface area contributed by atoms with Crippen molar-refractivity contribution in [2.24, 2.45) is 11.7 Å². The number of fused-ring (bicyclic) bond motifs is 1. The average Bonchev–Trinajstić information content (AvgIpc) is 3.21. The molecular formula is C22H24ClN3O3. The molecule has 2 N–H and O–H groups in total. The van der Waals surface area contributed by atoms with Crippen molar-refractivity contribution in [3.63, 3.8) is 0 Å². The van der Waals surface area contributed by atoms with Crippen molar-refractivity contribution in [3.8, 4) is 0 Å². The van der Waals surface area contributed by atoms with Crippen LogP contribution in [0.5, 0.6) is 0 Å². The molecule has 3 amide bonds. The highest BCUT2D eigenvalue weighted by atomic mass is 35.5. The Labute approximate surface area is 176 Å². The first kappa shape index (κ1) is 21.0. The number of nitrogens with two attached hydrogens (primary N) is 1. The normalized spacial score (nSPS) is 20.6. The molecule has 152 valence electrons. The number of hydrogen-bond acceptors (Lipinski definition) is 4. The predicted molar refractivity (Wildman–Crippen MR) is 112 cm³/mol. The summed E-state index contributed by atoms with van der Waals surface area (Å²) in [6, 6.07) is 14.3. The van der Waals surface area contributed by atoms with Crippen molar-refractivity contribution >= 4 is 30.1 Å². The Morgan fingerprint density at radius 3 is 2.41 bits per heavy atom. The number of rotatable bonds is 4. The van der Waals surface area contributed by atoms with E-state index in [1.807, 2.05) is 42.2 Å². The van der Waals surface area contributed by atoms with Crippen LogP contribution in [0.1, 0.15) is 50.0 Å². The van der Waals surface area contributed by atoms with Crippen molar-refractivity contribution in [1.29, 1.82) is 0 Å². The van der Waals surface area contributed by atoms with E-state index < -0.39 is 0 Å². The highest BCUT2D eigenvalue weighted by Crippen LogP contribution is 2.28. The molecule has 4 rings (SSSR count). The monoisotopic (exact) mass is 413 g/mol. The zero-order valence-corrected chi connectivity index (χ0v) is 17.0. The number of carbonyl (C=O) groups is 3. The zero-order valence-electron chi connectivity index (χ0n) is 16.2. The first-order valence-corrected chi connectivity index (χ1v) is 9.54. The van der Waals surface area contributed by atoms with Gasteiger partial charge >= 0.3 is 0 Å². The smallest absolute Gasteiger partial charge is 0.261 e. The van der Waals surface area contributed by atoms with Crippen molar-refractivity contribution in [1.82, 2.24) is 9.80 Å². The summed E-state index contributed by atoms with van der Waals surface area (Å²) in [4.78, 5) is 41.5. The summed E-state index contributed by atoms with van der Waals surface area (Å²) in [5, 5.41) is 0. The van der Waals surface area contributed by atoms with Crippen LogP contribution in [0.3, 0.4) is 0 Å². The lowest BCUT2D eigenvalue weighted by atomic mass is 10.0. The fourth-order valence-corrected chi connectivity index (χ4v) is 4.10. The van der Waals surface area contributed by atoms with Gasteiger partial charge < -0.3 is 10.6 Å². The van der Waals surface area contributed by atoms with Crippen LogP contribution in [-0.4, -0.2) is 46.7 Å². The molecule has 0 radical (unpaired) electrons. The molecule has 2 aromatic carbocycles. The minimum atomic E-state index is -0.354. The van der Waals surface area contributed by atoms with Gasteiger partial charge in [-0.15, -0.1) is 12.4 Å². The molecule has 0 aromatic heterocycles. The maximum absolute atomic E-state index is 13.0. The van der Waals surface area contributed by atoms with E-state index in [2.05, 4.69) is 0 Å². The third-order valence-electron chi connectivity index (χ3n) is 5.66. The molecule has 2 atom stereocenters. The Hall–Kier alpha value is -2.70. The minimum Gasteiger partial charge on any atom is -0.336 e. The van der Waals surface area contributed by atoms with Crippen LogP contribution < -0.4 is 5.73 Å². The van der Waals surface area contributed by atoms with Crippen LogP contribution in [0.4, 0.5) is 0 Å². The van der Waals surface area contributed by atoms with Crippen molar-refractivity contribution in [3.05, 3.63) is 70.8 Å². The summed E-state index contributed by atoms with van der Waals surface area (Å²) < 4.78 is 0. The summed E-state index contributed by atoms with van der Waals surface area (Å²) >= 11 is 0. The maximum Gasteiger partial charge on any atom is 0.261 e. The second kappa shape index (κ2) is 8.35. The van der Waals surface area contributed by atoms with Gasteiger partial charge in [-0.25, -0.2) is 0 Å². The van der Waals surface area contributed by atoms with Crippen molar-refractivity contribution in [2.75, 3.05) is 13.1 Å². The number of hydrogen-bond donors (Lipinski definition) is 1. The summed E-state index contributed by atoms with van der Waals surface area (Å²) in [7, 11) is 0. The molecule has 2 heterocycles. The Bertz CT molecular complexity index is 948. The predicted octanol–water partition coefficient (Wildman–Crippen LogP) is 2.71. The van der Waals surface area contributed by atoms with Gasteiger partial charge in [0, 0.05) is 18.2 Å². The Kier molecular flexibility index (Phi) is 6.05. The molecule has 0 bridgehead atoms. The number of benzene rings is 2. The fourth-order valence-electron chi connectivity index (χ4n) is 4.10. The molecule has 7 heteroatoms. The van der Waals surface area contributed by atoms with E-state index in [0.29, 0.717) is 35.7 Å². The lowest BCUT2D eigenvalue weighted by Crippen LogP contribution is -2.34. The first-order chi connectivity index (χ1) is 13.5. The van der Waals surface area contributed by atoms with Crippen LogP contribution in [0.2, 0.25) is 0 Å². The second-order valence-electron chi connectivity index (χ2n) is 7.59. The van der Waals surface area contributed by atoms with Gasteiger partial charge in [0.2, 0.25) is 0 Å². The number of carbonyl (C=O) groups excluding carboxylic acids is 3. The highest BCUT2D eigenvalue weighted by Gasteiger charge is 2.37. The Morgan fingerprint density at radius 2 is 1.76 bits per heavy atom. The minimum absolute atomic E-state index is 0. The molecule has 1 saturated heterocycles. The molecule has 6 nitrogen and oxygen atoms in total. The van der Waals surface area contributed by atoms with Crippen LogP contribution in [0.25, 0.3) is 0 Å². The number of amides is 3. The van der Waals surface area contributed by atoms with E-state index in [-0.39, 0.29) is 42.7 Å². The third-order valence-corrected chi connectivity index (χ3v) is 5.66. The summed E-state index contributed by atoms with van der Waals surface area (Å²) in [6.07, 6.45) is 0.884. The van der Waals surface area contributed by atoms with Crippen LogP contribution in [0, 0.1) is 5.92 Å². The largest absolute Gasteiger partial charge is 0.336 e. The quantitative estimate of drug-likeness (QED) is 0.781. The van der Waals surface area contributed by atoms with E-state index in [4.69, 9.17) is 5.73 Å². The molecule has 2 unspecified atom stereocenters. The molecule has 0 saturated carbocycles. The molecule has 2 aliphatic heterocycles. The van der Waals surface area contributed by atoms with E-state index in [9.17, 15) is 14.4 Å². The fraction of sp³-hybridized carbons (Fsp3) is 0.318. The topological polar surface area (TPSA) is 83.7 Å². The molecule has 2 aliphatic rings. The lowest BCUT2D eigenvalue weighted by molar-refractivity contribution is 0.0641. The average molecular weight is 414 g/mol. The first-order valence-electron chi connectivity index (χ1n) is 9.54. The standard InChI is InChI=1S/C22H23N3O3.ClH/c1-14-9-16(11-23)13-24(14)20(26)17-7-8-18-19(10-17)22(28)25(21(18)27)12-15-5-3-2-4-6-15;/h2-8,10,14,16H,9,11-13,23H2,1H3;1H. The van der Waals surface area contributed by atoms with Gasteiger partial charge in [-0.05, 0) is 49.6 Å². The number of halogens is 1. The van der Waals surface area contributed by atoms with E-state index in [1.54, 1.807) is 18.2 Å². The summed E-state index contributed by atoms with van der Waals surface area (Å²) in [5.74, 6) is -0.487. The van der Waals surface area contributed by atoms with E-state index in [1.165, 1.54) is 4.90 Å². The van der Waals surface area contributed by atoms with Crippen LogP contribution in [0.15, 0.2) is 48.5 Å². The lowest BCUT2D eigenvalue weighted by Gasteiger charge is -2.21. The van der Waals surface area contributed by atoms with Gasteiger partial charge in [-0.2, -0.15) is 0 Å². The van der Waals surface area contributed by atoms with E-state index in [0.717, 1.165) is 12.0 Å². The van der Waals surface area contributed by atoms with Crippen molar-refractivity contribution in [2.45, 2.75) is 25.9 Å². The third kappa shape index (κ3) is 3.78. The molecular weight excluding hydrogens is 390 g/mol. The number of imide groups is 1. The number of nitrogens with zero attached hydrogens (tertiary/aromatic N) is 2. The Morgan fingerprint density at radius 1 is 1.07 bits per heavy atom. The second-order valence-corrected chi connectivity index (χ2v) is 7.59. The van der Waals surface area contributed by atoms with Gasteiger partial charge in [0.15, 0.2) is 0 Å². The van der Waals surface area contributed by atoms with Crippen LogP contribution >= 0.6 is 12.4 Å². The Balaban J connectivity index is 0.00000240. The maximum atomic E-state index is 13.0. The van der Waals surface area contributed by atoms with Gasteiger partial charge in [0.1, 0.15) is 0 Å². The van der Waals surface area contributed by atoms with Gasteiger partial charge in [-0.1, -0.05) is 30.3 Å². The van der Waals surface area contributed by atoms with Gasteiger partial charge in [0.25, 0.3) is 17.7 Å². The molecule has 0 aliphatic carbocycles. The molecule has 1 fully saturated rings. The van der Waals surface area contributed by atoms with Gasteiger partial charge in [-0.3, -0.25) is 19.3 Å². The summed E-state index contributed by atoms with van der Waals surface area (Å²) in [6.45, 7) is 3.41. The summed E-state index contributed by atoms with van der Waals surface area (Å²) in [5.41, 5.74) is 7.73. The highest BCUT2D eigenvalue weighted by molar-refractivity contribution is 6.22. The van der Waals surface area contributed by atoms with Gasteiger partial charge in [0.05, 0.1) is 17.7 Å². The zero-order chi connectivity index (χ0) is 19.8. The van der Waals surface area contributed by atoms with Crippen LogP contribution in [-0.2, 0) is 6.54 Å². The molecule has 0 spiro atoms. The SMILES string of the molecule is CC1CC(CN)CN1C(=O)c1ccc2c(c1)C(=O)N(Cc1ccccc1)C2=O.Cl.